The summed E-state index contributed by atoms with van der Waals surface area (Å²) in [5.74, 6) is 0. The minimum atomic E-state index is 0.542. The van der Waals surface area contributed by atoms with Crippen molar-refractivity contribution in [1.82, 2.24) is 15.1 Å². The average Bonchev–Trinajstić information content (AvgIpc) is 2.77. The summed E-state index contributed by atoms with van der Waals surface area (Å²) in [6, 6.07) is 1.22. The maximum absolute atomic E-state index is 4.77. The maximum Gasteiger partial charge on any atom is 0.0540 e. The Morgan fingerprint density at radius 2 is 1.95 bits per heavy atom. The summed E-state index contributed by atoms with van der Waals surface area (Å²) in [5.41, 5.74) is 3.03. The SMILES string of the molecule is CCNC1CCCCc2c1cnn2C1CCCCC1. The van der Waals surface area contributed by atoms with Crippen LogP contribution in [0.25, 0.3) is 0 Å². The summed E-state index contributed by atoms with van der Waals surface area (Å²) >= 11 is 0. The largest absolute Gasteiger partial charge is 0.310 e. The zero-order valence-electron chi connectivity index (χ0n) is 12.2. The van der Waals surface area contributed by atoms with Crippen molar-refractivity contribution in [2.24, 2.45) is 0 Å². The second-order valence-corrected chi connectivity index (χ2v) is 6.14. The van der Waals surface area contributed by atoms with Crippen molar-refractivity contribution in [2.45, 2.75) is 76.8 Å². The van der Waals surface area contributed by atoms with E-state index >= 15 is 0 Å². The third-order valence-electron chi connectivity index (χ3n) is 4.83. The zero-order chi connectivity index (χ0) is 13.1. The molecular formula is C16H27N3. The summed E-state index contributed by atoms with van der Waals surface area (Å²) < 4.78 is 2.39. The third kappa shape index (κ3) is 2.71. The van der Waals surface area contributed by atoms with E-state index < -0.39 is 0 Å². The Balaban J connectivity index is 1.86. The molecule has 1 atom stereocenters. The van der Waals surface area contributed by atoms with Gasteiger partial charge in [-0.2, -0.15) is 5.10 Å². The molecule has 1 heterocycles. The Hall–Kier alpha value is -0.830. The lowest BCUT2D eigenvalue weighted by Gasteiger charge is -2.24. The first kappa shape index (κ1) is 13.2. The van der Waals surface area contributed by atoms with E-state index in [1.165, 1.54) is 69.0 Å². The first-order valence-electron chi connectivity index (χ1n) is 8.19. The third-order valence-corrected chi connectivity index (χ3v) is 4.83. The van der Waals surface area contributed by atoms with E-state index in [2.05, 4.69) is 23.1 Å². The number of nitrogens with zero attached hydrogens (tertiary/aromatic N) is 2. The van der Waals surface area contributed by atoms with Crippen molar-refractivity contribution in [3.05, 3.63) is 17.5 Å². The van der Waals surface area contributed by atoms with Crippen LogP contribution in [0.3, 0.4) is 0 Å². The summed E-state index contributed by atoms with van der Waals surface area (Å²) in [5, 5.41) is 8.42. The van der Waals surface area contributed by atoms with Crippen molar-refractivity contribution in [1.29, 1.82) is 0 Å². The Bertz CT molecular complexity index is 404. The van der Waals surface area contributed by atoms with Crippen molar-refractivity contribution >= 4 is 0 Å². The fourth-order valence-corrected chi connectivity index (χ4v) is 3.85. The molecule has 0 amide bonds. The maximum atomic E-state index is 4.77. The summed E-state index contributed by atoms with van der Waals surface area (Å²) in [7, 11) is 0. The molecule has 1 N–H and O–H groups in total. The smallest absolute Gasteiger partial charge is 0.0540 e. The minimum Gasteiger partial charge on any atom is -0.310 e. The molecule has 0 aromatic carbocycles. The van der Waals surface area contributed by atoms with E-state index in [1.807, 2.05) is 0 Å². The first-order valence-corrected chi connectivity index (χ1v) is 8.19. The molecule has 19 heavy (non-hydrogen) atoms. The molecule has 106 valence electrons. The summed E-state index contributed by atoms with van der Waals surface area (Å²) in [6.45, 7) is 3.26. The van der Waals surface area contributed by atoms with Gasteiger partial charge < -0.3 is 5.32 Å². The van der Waals surface area contributed by atoms with Crippen LogP contribution >= 0.6 is 0 Å². The predicted octanol–water partition coefficient (Wildman–Crippen LogP) is 3.77. The highest BCUT2D eigenvalue weighted by atomic mass is 15.3. The lowest BCUT2D eigenvalue weighted by molar-refractivity contribution is 0.321. The van der Waals surface area contributed by atoms with Gasteiger partial charge in [0.2, 0.25) is 0 Å². The van der Waals surface area contributed by atoms with Gasteiger partial charge in [-0.25, -0.2) is 0 Å². The van der Waals surface area contributed by atoms with Gasteiger partial charge in [0, 0.05) is 17.3 Å². The topological polar surface area (TPSA) is 29.9 Å². The van der Waals surface area contributed by atoms with Gasteiger partial charge in [0.1, 0.15) is 0 Å². The first-order chi connectivity index (χ1) is 9.40. The van der Waals surface area contributed by atoms with Gasteiger partial charge in [-0.1, -0.05) is 32.6 Å². The van der Waals surface area contributed by atoms with Crippen LogP contribution in [0.15, 0.2) is 6.20 Å². The molecule has 1 unspecified atom stereocenters. The van der Waals surface area contributed by atoms with Crippen LogP contribution < -0.4 is 5.32 Å². The fraction of sp³-hybridized carbons (Fsp3) is 0.812. The molecule has 0 aliphatic heterocycles. The normalized spacial score (nSPS) is 25.0. The van der Waals surface area contributed by atoms with Crippen LogP contribution in [0, 0.1) is 0 Å². The summed E-state index contributed by atoms with van der Waals surface area (Å²) in [6.07, 6.45) is 14.2. The van der Waals surface area contributed by atoms with Crippen LogP contribution in [-0.2, 0) is 6.42 Å². The molecule has 2 aliphatic carbocycles. The van der Waals surface area contributed by atoms with E-state index in [1.54, 1.807) is 0 Å². The highest BCUT2D eigenvalue weighted by Gasteiger charge is 2.25. The van der Waals surface area contributed by atoms with Crippen LogP contribution in [0.5, 0.6) is 0 Å². The lowest BCUT2D eigenvalue weighted by Crippen LogP contribution is -2.21. The highest BCUT2D eigenvalue weighted by molar-refractivity contribution is 5.24. The standard InChI is InChI=1S/C16H27N3/c1-2-17-15-10-6-7-11-16-14(15)12-18-19(16)13-8-4-3-5-9-13/h12-13,15,17H,2-11H2,1H3. The van der Waals surface area contributed by atoms with Crippen molar-refractivity contribution in [2.75, 3.05) is 6.54 Å². The van der Waals surface area contributed by atoms with Crippen molar-refractivity contribution in [3.63, 3.8) is 0 Å². The monoisotopic (exact) mass is 261 g/mol. The van der Waals surface area contributed by atoms with E-state index in [4.69, 9.17) is 5.10 Å². The van der Waals surface area contributed by atoms with Gasteiger partial charge in [-0.05, 0) is 38.6 Å². The van der Waals surface area contributed by atoms with Crippen LogP contribution in [0.2, 0.25) is 0 Å². The van der Waals surface area contributed by atoms with E-state index in [0.717, 1.165) is 6.54 Å². The van der Waals surface area contributed by atoms with E-state index in [9.17, 15) is 0 Å². The second-order valence-electron chi connectivity index (χ2n) is 6.14. The Labute approximate surface area is 116 Å². The number of fused-ring (bicyclic) bond motifs is 1. The molecule has 3 heteroatoms. The molecule has 1 aromatic rings. The van der Waals surface area contributed by atoms with Gasteiger partial charge >= 0.3 is 0 Å². The van der Waals surface area contributed by atoms with Gasteiger partial charge in [-0.15, -0.1) is 0 Å². The summed E-state index contributed by atoms with van der Waals surface area (Å²) in [4.78, 5) is 0. The molecule has 0 radical (unpaired) electrons. The van der Waals surface area contributed by atoms with Gasteiger partial charge in [0.05, 0.1) is 12.2 Å². The number of aromatic nitrogens is 2. The second kappa shape index (κ2) is 6.08. The Morgan fingerprint density at radius 3 is 2.74 bits per heavy atom. The van der Waals surface area contributed by atoms with E-state index in [0.29, 0.717) is 12.1 Å². The number of rotatable bonds is 3. The highest BCUT2D eigenvalue weighted by Crippen LogP contribution is 2.34. The molecule has 0 spiro atoms. The molecule has 1 fully saturated rings. The van der Waals surface area contributed by atoms with Crippen LogP contribution in [0.1, 0.15) is 81.6 Å². The van der Waals surface area contributed by atoms with Crippen LogP contribution in [-0.4, -0.2) is 16.3 Å². The Kier molecular flexibility index (Phi) is 4.21. The van der Waals surface area contributed by atoms with Gasteiger partial charge in [0.15, 0.2) is 0 Å². The van der Waals surface area contributed by atoms with Gasteiger partial charge in [-0.3, -0.25) is 4.68 Å². The number of nitrogens with one attached hydrogen (secondary N) is 1. The average molecular weight is 261 g/mol. The number of hydrogen-bond acceptors (Lipinski definition) is 2. The molecule has 1 saturated carbocycles. The fourth-order valence-electron chi connectivity index (χ4n) is 3.85. The molecule has 3 rings (SSSR count). The molecule has 2 aliphatic rings. The minimum absolute atomic E-state index is 0.542. The van der Waals surface area contributed by atoms with Gasteiger partial charge in [0.25, 0.3) is 0 Å². The quantitative estimate of drug-likeness (QED) is 0.839. The molecule has 3 nitrogen and oxygen atoms in total. The molecule has 0 saturated heterocycles. The van der Waals surface area contributed by atoms with E-state index in [-0.39, 0.29) is 0 Å². The zero-order valence-corrected chi connectivity index (χ0v) is 12.2. The number of hydrogen-bond donors (Lipinski definition) is 1. The Morgan fingerprint density at radius 1 is 1.16 bits per heavy atom. The lowest BCUT2D eigenvalue weighted by atomic mass is 9.95. The van der Waals surface area contributed by atoms with Crippen molar-refractivity contribution in [3.8, 4) is 0 Å². The molecule has 0 bridgehead atoms. The molecule has 1 aromatic heterocycles. The molecular weight excluding hydrogens is 234 g/mol. The van der Waals surface area contributed by atoms with Crippen molar-refractivity contribution < 1.29 is 0 Å². The predicted molar refractivity (Wildman–Crippen MR) is 78.3 cm³/mol. The van der Waals surface area contributed by atoms with Crippen LogP contribution in [0.4, 0.5) is 0 Å².